The van der Waals surface area contributed by atoms with Crippen molar-refractivity contribution in [2.45, 2.75) is 32.1 Å². The van der Waals surface area contributed by atoms with Crippen LogP contribution in [0.2, 0.25) is 0 Å². The number of nitrogens with zero attached hydrogens (tertiary/aromatic N) is 3. The van der Waals surface area contributed by atoms with E-state index in [9.17, 15) is 14.7 Å². The zero-order valence-electron chi connectivity index (χ0n) is 18.8. The van der Waals surface area contributed by atoms with Gasteiger partial charge in [0.05, 0.1) is 6.61 Å². The molecule has 2 aliphatic rings. The smallest absolute Gasteiger partial charge is 0.259 e. The molecule has 2 aliphatic heterocycles. The van der Waals surface area contributed by atoms with Gasteiger partial charge in [0.1, 0.15) is 12.1 Å². The van der Waals surface area contributed by atoms with Crippen molar-refractivity contribution >= 4 is 11.8 Å². The van der Waals surface area contributed by atoms with Crippen molar-refractivity contribution in [3.8, 4) is 17.4 Å². The van der Waals surface area contributed by atoms with Gasteiger partial charge in [0.2, 0.25) is 11.8 Å². The highest BCUT2D eigenvalue weighted by molar-refractivity contribution is 5.98. The lowest BCUT2D eigenvalue weighted by Crippen LogP contribution is -2.46. The topological polar surface area (TPSA) is 92.2 Å². The largest absolute Gasteiger partial charge is 0.490 e. The number of piperidine rings is 1. The molecule has 2 aromatic rings. The van der Waals surface area contributed by atoms with Gasteiger partial charge in [0.15, 0.2) is 11.5 Å². The van der Waals surface area contributed by atoms with E-state index >= 15 is 0 Å². The average molecular weight is 454 g/mol. The number of likely N-dealkylation sites (tertiary alicyclic amines) is 1. The number of aliphatic hydroxyl groups excluding tert-OH is 1. The Hall–Kier alpha value is -3.13. The van der Waals surface area contributed by atoms with Crippen molar-refractivity contribution in [3.63, 3.8) is 0 Å². The number of carbonyl (C=O) groups excluding carboxylic acids is 2. The number of carbonyl (C=O) groups is 2. The van der Waals surface area contributed by atoms with Crippen molar-refractivity contribution in [1.82, 2.24) is 14.8 Å². The van der Waals surface area contributed by atoms with Crippen LogP contribution in [0.4, 0.5) is 0 Å². The van der Waals surface area contributed by atoms with E-state index in [4.69, 9.17) is 9.47 Å². The van der Waals surface area contributed by atoms with Gasteiger partial charge in [-0.2, -0.15) is 0 Å². The highest BCUT2D eigenvalue weighted by Crippen LogP contribution is 2.32. The number of rotatable bonds is 3. The molecule has 2 amide bonds. The van der Waals surface area contributed by atoms with Crippen LogP contribution in [0.3, 0.4) is 0 Å². The number of hydrogen-bond acceptors (Lipinski definition) is 6. The van der Waals surface area contributed by atoms with Crippen molar-refractivity contribution < 1.29 is 24.2 Å². The summed E-state index contributed by atoms with van der Waals surface area (Å²) in [5.41, 5.74) is 0.318. The molecule has 0 saturated carbocycles. The number of ether oxygens (including phenoxy) is 2. The number of pyridine rings is 1. The van der Waals surface area contributed by atoms with Crippen molar-refractivity contribution in [2.75, 3.05) is 39.4 Å². The molecule has 0 radical (unpaired) electrons. The lowest BCUT2D eigenvalue weighted by Gasteiger charge is -2.33. The summed E-state index contributed by atoms with van der Waals surface area (Å²) in [6.07, 6.45) is 5.64. The zero-order chi connectivity index (χ0) is 23.0. The fourth-order valence-corrected chi connectivity index (χ4v) is 4.21. The maximum Gasteiger partial charge on any atom is 0.259 e. The second kappa shape index (κ2) is 11.1. The van der Waals surface area contributed by atoms with Crippen LogP contribution >= 0.6 is 0 Å². The van der Waals surface area contributed by atoms with Crippen molar-refractivity contribution in [2.24, 2.45) is 5.92 Å². The Kier molecular flexibility index (Phi) is 7.78. The summed E-state index contributed by atoms with van der Waals surface area (Å²) >= 11 is 0. The fourth-order valence-electron chi connectivity index (χ4n) is 4.21. The van der Waals surface area contributed by atoms with E-state index in [1.165, 1.54) is 0 Å². The first-order valence-electron chi connectivity index (χ1n) is 11.7. The van der Waals surface area contributed by atoms with Gasteiger partial charge in [0, 0.05) is 32.4 Å². The third-order valence-corrected chi connectivity index (χ3v) is 6.23. The van der Waals surface area contributed by atoms with Crippen LogP contribution in [0.25, 0.3) is 0 Å². The summed E-state index contributed by atoms with van der Waals surface area (Å²) in [7, 11) is 0. The summed E-state index contributed by atoms with van der Waals surface area (Å²) in [5.74, 6) is 1.22. The second-order valence-electron chi connectivity index (χ2n) is 8.55. The highest BCUT2D eigenvalue weighted by atomic mass is 16.5. The van der Waals surface area contributed by atoms with Crippen LogP contribution in [0.5, 0.6) is 17.4 Å². The molecule has 4 rings (SSSR count). The molecule has 0 spiro atoms. The number of fused-ring (bicyclic) bond motifs is 2. The van der Waals surface area contributed by atoms with E-state index < -0.39 is 0 Å². The summed E-state index contributed by atoms with van der Waals surface area (Å²) in [6, 6.07) is 10.7. The summed E-state index contributed by atoms with van der Waals surface area (Å²) in [6.45, 7) is 2.41. The normalized spacial score (nSPS) is 18.0. The highest BCUT2D eigenvalue weighted by Gasteiger charge is 2.27. The molecule has 0 bridgehead atoms. The Morgan fingerprint density at radius 2 is 1.82 bits per heavy atom. The Labute approximate surface area is 194 Å². The molecular weight excluding hydrogens is 422 g/mol. The van der Waals surface area contributed by atoms with Crippen molar-refractivity contribution in [1.29, 1.82) is 0 Å². The number of hydrogen-bond donors (Lipinski definition) is 1. The molecule has 33 heavy (non-hydrogen) atoms. The number of benzene rings is 1. The minimum Gasteiger partial charge on any atom is -0.490 e. The first-order valence-corrected chi connectivity index (χ1v) is 11.7. The standard InChI is InChI=1S/C25H31N3O5/c29-18-19-10-14-27(15-11-19)23(30)17-28-13-4-1-5-16-32-21-8-2-3-9-22(21)33-24-20(25(28)31)7-6-12-26-24/h2-3,6-9,12,19,29H,1,4-5,10-11,13-18H2. The zero-order valence-corrected chi connectivity index (χ0v) is 18.8. The minimum atomic E-state index is -0.269. The maximum absolute atomic E-state index is 13.5. The maximum atomic E-state index is 13.5. The molecule has 1 aromatic carbocycles. The molecule has 8 heteroatoms. The Morgan fingerprint density at radius 1 is 1.03 bits per heavy atom. The molecule has 1 saturated heterocycles. The lowest BCUT2D eigenvalue weighted by atomic mass is 9.98. The van der Waals surface area contributed by atoms with Gasteiger partial charge < -0.3 is 24.4 Å². The molecule has 1 aromatic heterocycles. The van der Waals surface area contributed by atoms with Gasteiger partial charge in [-0.3, -0.25) is 9.59 Å². The van der Waals surface area contributed by atoms with Crippen LogP contribution in [-0.4, -0.2) is 71.1 Å². The minimum absolute atomic E-state index is 0.0179. The van der Waals surface area contributed by atoms with Gasteiger partial charge in [-0.25, -0.2) is 4.98 Å². The van der Waals surface area contributed by atoms with Crippen LogP contribution in [-0.2, 0) is 4.79 Å². The van der Waals surface area contributed by atoms with Gasteiger partial charge in [-0.1, -0.05) is 12.1 Å². The average Bonchev–Trinajstić information content (AvgIpc) is 2.86. The number of para-hydroxylation sites is 2. The summed E-state index contributed by atoms with van der Waals surface area (Å²) < 4.78 is 11.9. The Balaban J connectivity index is 1.55. The van der Waals surface area contributed by atoms with E-state index in [0.29, 0.717) is 43.3 Å². The molecule has 0 atom stereocenters. The predicted molar refractivity (Wildman–Crippen MR) is 122 cm³/mol. The van der Waals surface area contributed by atoms with Gasteiger partial charge in [-0.15, -0.1) is 0 Å². The molecule has 1 fully saturated rings. The number of aromatic nitrogens is 1. The van der Waals surface area contributed by atoms with E-state index in [1.54, 1.807) is 34.2 Å². The predicted octanol–water partition coefficient (Wildman–Crippen LogP) is 3.11. The molecule has 0 unspecified atom stereocenters. The van der Waals surface area contributed by atoms with E-state index in [0.717, 1.165) is 32.1 Å². The summed E-state index contributed by atoms with van der Waals surface area (Å²) in [5, 5.41) is 9.35. The Morgan fingerprint density at radius 3 is 2.61 bits per heavy atom. The first-order chi connectivity index (χ1) is 16.2. The van der Waals surface area contributed by atoms with Crippen LogP contribution in [0.15, 0.2) is 42.6 Å². The van der Waals surface area contributed by atoms with Gasteiger partial charge >= 0.3 is 0 Å². The SMILES string of the molecule is O=C(CN1CCCCCOc2ccccc2Oc2ncccc2C1=O)N1CCC(CO)CC1. The molecule has 1 N–H and O–H groups in total. The molecule has 176 valence electrons. The van der Waals surface area contributed by atoms with Gasteiger partial charge in [0.25, 0.3) is 5.91 Å². The van der Waals surface area contributed by atoms with E-state index in [1.807, 2.05) is 18.2 Å². The number of amides is 2. The molecule has 3 heterocycles. The van der Waals surface area contributed by atoms with Crippen LogP contribution < -0.4 is 9.47 Å². The van der Waals surface area contributed by atoms with Crippen LogP contribution in [0.1, 0.15) is 42.5 Å². The second-order valence-corrected chi connectivity index (χ2v) is 8.55. The monoisotopic (exact) mass is 453 g/mol. The fraction of sp³-hybridized carbons (Fsp3) is 0.480. The third kappa shape index (κ3) is 5.82. The van der Waals surface area contributed by atoms with E-state index in [2.05, 4.69) is 4.98 Å². The molecular formula is C25H31N3O5. The molecule has 8 nitrogen and oxygen atoms in total. The van der Waals surface area contributed by atoms with Gasteiger partial charge in [-0.05, 0) is 62.3 Å². The van der Waals surface area contributed by atoms with Crippen molar-refractivity contribution in [3.05, 3.63) is 48.2 Å². The lowest BCUT2D eigenvalue weighted by molar-refractivity contribution is -0.133. The Bertz CT molecular complexity index is 959. The third-order valence-electron chi connectivity index (χ3n) is 6.23. The van der Waals surface area contributed by atoms with E-state index in [-0.39, 0.29) is 36.8 Å². The quantitative estimate of drug-likeness (QED) is 0.768. The summed E-state index contributed by atoms with van der Waals surface area (Å²) in [4.78, 5) is 34.3. The van der Waals surface area contributed by atoms with Crippen LogP contribution in [0, 0.1) is 5.92 Å². The molecule has 0 aliphatic carbocycles. The number of aliphatic hydroxyl groups is 1. The first kappa shape index (κ1) is 23.0.